The van der Waals surface area contributed by atoms with Gasteiger partial charge in [-0.2, -0.15) is 0 Å². The fraction of sp³-hybridized carbons (Fsp3) is 0.316. The molecule has 0 saturated carbocycles. The normalized spacial score (nSPS) is 16.5. The summed E-state index contributed by atoms with van der Waals surface area (Å²) in [5, 5.41) is 3.50. The van der Waals surface area contributed by atoms with Crippen LogP contribution in [-0.4, -0.2) is 43.7 Å². The van der Waals surface area contributed by atoms with Gasteiger partial charge in [-0.1, -0.05) is 54.1 Å². The maximum atomic E-state index is 12.4. The SMILES string of the molecule is O=C(NC[C@H](c1ccccc1)N1CCOCC1)c1ccccc1Cl. The zero-order chi connectivity index (χ0) is 16.8. The summed E-state index contributed by atoms with van der Waals surface area (Å²) in [6.45, 7) is 3.71. The molecule has 4 nitrogen and oxygen atoms in total. The maximum Gasteiger partial charge on any atom is 0.252 e. The molecule has 0 bridgehead atoms. The Morgan fingerprint density at radius 1 is 1.08 bits per heavy atom. The smallest absolute Gasteiger partial charge is 0.252 e. The molecule has 1 saturated heterocycles. The third kappa shape index (κ3) is 4.15. The van der Waals surface area contributed by atoms with Crippen LogP contribution in [0.1, 0.15) is 22.0 Å². The number of hydrogen-bond acceptors (Lipinski definition) is 3. The minimum Gasteiger partial charge on any atom is -0.379 e. The Hall–Kier alpha value is -1.88. The van der Waals surface area contributed by atoms with Crippen molar-refractivity contribution in [1.29, 1.82) is 0 Å². The van der Waals surface area contributed by atoms with E-state index in [4.69, 9.17) is 16.3 Å². The fourth-order valence-electron chi connectivity index (χ4n) is 2.95. The van der Waals surface area contributed by atoms with Gasteiger partial charge >= 0.3 is 0 Å². The van der Waals surface area contributed by atoms with Gasteiger partial charge in [-0.3, -0.25) is 9.69 Å². The van der Waals surface area contributed by atoms with Crippen LogP contribution in [0.25, 0.3) is 0 Å². The summed E-state index contributed by atoms with van der Waals surface area (Å²) in [6.07, 6.45) is 0. The molecule has 2 aromatic rings. The molecule has 1 heterocycles. The van der Waals surface area contributed by atoms with E-state index in [2.05, 4.69) is 22.3 Å². The summed E-state index contributed by atoms with van der Waals surface area (Å²) in [7, 11) is 0. The standard InChI is InChI=1S/C19H21ClN2O2/c20-17-9-5-4-8-16(17)19(23)21-14-18(15-6-2-1-3-7-15)22-10-12-24-13-11-22/h1-9,18H,10-14H2,(H,21,23)/t18-/m1/s1. The third-order valence-corrected chi connectivity index (χ3v) is 4.57. The summed E-state index contributed by atoms with van der Waals surface area (Å²) in [4.78, 5) is 14.8. The highest BCUT2D eigenvalue weighted by Crippen LogP contribution is 2.21. The lowest BCUT2D eigenvalue weighted by molar-refractivity contribution is 0.0162. The molecule has 1 aliphatic heterocycles. The van der Waals surface area contributed by atoms with Gasteiger partial charge in [0.05, 0.1) is 29.8 Å². The Labute approximate surface area is 147 Å². The summed E-state index contributed by atoms with van der Waals surface area (Å²) >= 11 is 6.11. The second kappa shape index (κ2) is 8.29. The van der Waals surface area contributed by atoms with Gasteiger partial charge in [0.1, 0.15) is 0 Å². The van der Waals surface area contributed by atoms with E-state index in [0.29, 0.717) is 17.1 Å². The predicted molar refractivity (Wildman–Crippen MR) is 95.4 cm³/mol. The molecule has 1 N–H and O–H groups in total. The molecule has 3 rings (SSSR count). The first-order valence-corrected chi connectivity index (χ1v) is 8.53. The van der Waals surface area contributed by atoms with E-state index in [1.54, 1.807) is 12.1 Å². The van der Waals surface area contributed by atoms with Crippen LogP contribution >= 0.6 is 11.6 Å². The number of morpholine rings is 1. The lowest BCUT2D eigenvalue weighted by atomic mass is 10.0. The summed E-state index contributed by atoms with van der Waals surface area (Å²) in [6, 6.07) is 17.5. The van der Waals surface area contributed by atoms with Gasteiger partial charge in [0.15, 0.2) is 0 Å². The number of carbonyl (C=O) groups excluding carboxylic acids is 1. The number of amides is 1. The first-order chi connectivity index (χ1) is 11.8. The molecule has 0 radical (unpaired) electrons. The fourth-order valence-corrected chi connectivity index (χ4v) is 3.17. The van der Waals surface area contributed by atoms with Crippen LogP contribution < -0.4 is 5.32 Å². The molecule has 126 valence electrons. The zero-order valence-corrected chi connectivity index (χ0v) is 14.2. The van der Waals surface area contributed by atoms with Crippen molar-refractivity contribution in [2.24, 2.45) is 0 Å². The van der Waals surface area contributed by atoms with Crippen LogP contribution in [0.5, 0.6) is 0 Å². The molecular weight excluding hydrogens is 324 g/mol. The molecule has 24 heavy (non-hydrogen) atoms. The van der Waals surface area contributed by atoms with E-state index >= 15 is 0 Å². The Kier molecular flexibility index (Phi) is 5.86. The second-order valence-electron chi connectivity index (χ2n) is 5.76. The topological polar surface area (TPSA) is 41.6 Å². The summed E-state index contributed by atoms with van der Waals surface area (Å²) in [5.74, 6) is -0.144. The van der Waals surface area contributed by atoms with Crippen LogP contribution in [-0.2, 0) is 4.74 Å². The molecule has 1 amide bonds. The van der Waals surface area contributed by atoms with E-state index in [1.165, 1.54) is 5.56 Å². The molecule has 1 fully saturated rings. The number of benzene rings is 2. The van der Waals surface area contributed by atoms with Crippen molar-refractivity contribution in [3.8, 4) is 0 Å². The molecule has 0 aromatic heterocycles. The van der Waals surface area contributed by atoms with Crippen LogP contribution in [0.4, 0.5) is 0 Å². The number of hydrogen-bond donors (Lipinski definition) is 1. The van der Waals surface area contributed by atoms with Crippen molar-refractivity contribution in [2.45, 2.75) is 6.04 Å². The van der Waals surface area contributed by atoms with Crippen molar-refractivity contribution in [3.05, 3.63) is 70.7 Å². The van der Waals surface area contributed by atoms with Crippen molar-refractivity contribution in [2.75, 3.05) is 32.8 Å². The number of ether oxygens (including phenoxy) is 1. The number of rotatable bonds is 5. The molecule has 2 aromatic carbocycles. The number of carbonyl (C=O) groups is 1. The van der Waals surface area contributed by atoms with Gasteiger partial charge in [-0.25, -0.2) is 0 Å². The Morgan fingerprint density at radius 2 is 1.75 bits per heavy atom. The maximum absolute atomic E-state index is 12.4. The average molecular weight is 345 g/mol. The molecular formula is C19H21ClN2O2. The first kappa shape index (κ1) is 17.0. The molecule has 0 aliphatic carbocycles. The second-order valence-corrected chi connectivity index (χ2v) is 6.17. The molecule has 1 aliphatic rings. The quantitative estimate of drug-likeness (QED) is 0.906. The Bertz CT molecular complexity index is 672. The molecule has 5 heteroatoms. The Morgan fingerprint density at radius 3 is 2.46 bits per heavy atom. The minimum atomic E-state index is -0.144. The largest absolute Gasteiger partial charge is 0.379 e. The van der Waals surface area contributed by atoms with Gasteiger partial charge in [0.25, 0.3) is 5.91 Å². The van der Waals surface area contributed by atoms with E-state index in [9.17, 15) is 4.79 Å². The predicted octanol–water partition coefficient (Wildman–Crippen LogP) is 3.14. The number of nitrogens with zero attached hydrogens (tertiary/aromatic N) is 1. The highest BCUT2D eigenvalue weighted by atomic mass is 35.5. The van der Waals surface area contributed by atoms with Gasteiger partial charge in [0.2, 0.25) is 0 Å². The van der Waals surface area contributed by atoms with Crippen LogP contribution in [0.2, 0.25) is 5.02 Å². The highest BCUT2D eigenvalue weighted by Gasteiger charge is 2.23. The highest BCUT2D eigenvalue weighted by molar-refractivity contribution is 6.33. The van der Waals surface area contributed by atoms with Gasteiger partial charge < -0.3 is 10.1 Å². The number of nitrogens with one attached hydrogen (secondary N) is 1. The lowest BCUT2D eigenvalue weighted by Gasteiger charge is -2.35. The molecule has 1 atom stereocenters. The lowest BCUT2D eigenvalue weighted by Crippen LogP contribution is -2.43. The van der Waals surface area contributed by atoms with E-state index < -0.39 is 0 Å². The molecule has 0 unspecified atom stereocenters. The minimum absolute atomic E-state index is 0.126. The average Bonchev–Trinajstić information content (AvgIpc) is 2.64. The first-order valence-electron chi connectivity index (χ1n) is 8.15. The molecule has 0 spiro atoms. The van der Waals surface area contributed by atoms with Gasteiger partial charge in [-0.15, -0.1) is 0 Å². The van der Waals surface area contributed by atoms with E-state index in [0.717, 1.165) is 26.3 Å². The van der Waals surface area contributed by atoms with E-state index in [1.807, 2.05) is 30.3 Å². The van der Waals surface area contributed by atoms with Gasteiger partial charge in [0, 0.05) is 19.6 Å². The summed E-state index contributed by atoms with van der Waals surface area (Å²) in [5.41, 5.74) is 1.70. The Balaban J connectivity index is 1.72. The van der Waals surface area contributed by atoms with Crippen LogP contribution in [0.3, 0.4) is 0 Å². The van der Waals surface area contributed by atoms with Crippen LogP contribution in [0, 0.1) is 0 Å². The van der Waals surface area contributed by atoms with Crippen LogP contribution in [0.15, 0.2) is 54.6 Å². The monoisotopic (exact) mass is 344 g/mol. The van der Waals surface area contributed by atoms with Crippen molar-refractivity contribution in [1.82, 2.24) is 10.2 Å². The third-order valence-electron chi connectivity index (χ3n) is 4.25. The van der Waals surface area contributed by atoms with Crippen molar-refractivity contribution < 1.29 is 9.53 Å². The van der Waals surface area contributed by atoms with Crippen molar-refractivity contribution in [3.63, 3.8) is 0 Å². The summed E-state index contributed by atoms with van der Waals surface area (Å²) < 4.78 is 5.45. The van der Waals surface area contributed by atoms with E-state index in [-0.39, 0.29) is 11.9 Å². The number of halogens is 1. The van der Waals surface area contributed by atoms with Crippen molar-refractivity contribution >= 4 is 17.5 Å². The zero-order valence-electron chi connectivity index (χ0n) is 13.5. The van der Waals surface area contributed by atoms with Gasteiger partial charge in [-0.05, 0) is 17.7 Å².